The van der Waals surface area contributed by atoms with Crippen LogP contribution in [0.2, 0.25) is 5.02 Å². The van der Waals surface area contributed by atoms with E-state index in [1.807, 2.05) is 0 Å². The molecule has 0 aliphatic carbocycles. The van der Waals surface area contributed by atoms with Crippen LogP contribution >= 0.6 is 11.6 Å². The number of allylic oxidation sites excluding steroid dienone is 1. The molecule has 0 heterocycles. The smallest absolute Gasteiger partial charge is 0.216 e. The number of phenolic OH excluding ortho intramolecular Hbond substituents is 1. The summed E-state index contributed by atoms with van der Waals surface area (Å²) >= 11 is 5.76. The lowest BCUT2D eigenvalue weighted by atomic mass is 10.1. The molecule has 0 bridgehead atoms. The van der Waals surface area contributed by atoms with Gasteiger partial charge in [-0.1, -0.05) is 11.6 Å². The van der Waals surface area contributed by atoms with Crippen molar-refractivity contribution in [3.05, 3.63) is 51.9 Å². The molecule has 2 aromatic rings. The Hall–Kier alpha value is -2.69. The average Bonchev–Trinajstić information content (AvgIpc) is 2.60. The van der Waals surface area contributed by atoms with Crippen molar-refractivity contribution in [2.24, 2.45) is 0 Å². The fraction of sp³-hybridized carbons (Fsp3) is 0.118. The first-order valence-corrected chi connectivity index (χ1v) is 8.77. The third kappa shape index (κ3) is 3.87. The SMILES string of the molecule is COc1cc(/C=C(\C#N)S(=O)(=O)c2ccc(Cl)cc2)cc(OC)c1O. The number of nitrogens with zero attached hydrogens (tertiary/aromatic N) is 1. The summed E-state index contributed by atoms with van der Waals surface area (Å²) in [5.74, 6) is -0.0419. The van der Waals surface area contributed by atoms with Gasteiger partial charge in [-0.15, -0.1) is 0 Å². The van der Waals surface area contributed by atoms with Crippen LogP contribution in [0.1, 0.15) is 5.56 Å². The largest absolute Gasteiger partial charge is 0.502 e. The molecule has 0 atom stereocenters. The van der Waals surface area contributed by atoms with E-state index in [0.29, 0.717) is 10.6 Å². The number of benzene rings is 2. The van der Waals surface area contributed by atoms with Crippen molar-refractivity contribution in [1.29, 1.82) is 5.26 Å². The molecule has 0 spiro atoms. The molecule has 0 aromatic heterocycles. The first kappa shape index (κ1) is 18.6. The maximum atomic E-state index is 12.6. The maximum Gasteiger partial charge on any atom is 0.216 e. The highest BCUT2D eigenvalue weighted by Crippen LogP contribution is 2.38. The summed E-state index contributed by atoms with van der Waals surface area (Å²) < 4.78 is 35.3. The van der Waals surface area contributed by atoms with Gasteiger partial charge in [0.05, 0.1) is 19.1 Å². The van der Waals surface area contributed by atoms with Crippen LogP contribution in [0.15, 0.2) is 46.2 Å². The number of hydrogen-bond acceptors (Lipinski definition) is 6. The number of ether oxygens (including phenoxy) is 2. The molecule has 0 saturated carbocycles. The van der Waals surface area contributed by atoms with Gasteiger partial charge in [-0.25, -0.2) is 8.42 Å². The van der Waals surface area contributed by atoms with Gasteiger partial charge in [0.1, 0.15) is 11.0 Å². The van der Waals surface area contributed by atoms with Gasteiger partial charge in [0.25, 0.3) is 0 Å². The van der Waals surface area contributed by atoms with Crippen molar-refractivity contribution in [3.63, 3.8) is 0 Å². The van der Waals surface area contributed by atoms with Crippen molar-refractivity contribution in [2.75, 3.05) is 14.2 Å². The molecule has 0 fully saturated rings. The van der Waals surface area contributed by atoms with E-state index < -0.39 is 14.7 Å². The molecule has 0 amide bonds. The van der Waals surface area contributed by atoms with Crippen molar-refractivity contribution < 1.29 is 23.0 Å². The zero-order valence-electron chi connectivity index (χ0n) is 13.4. The van der Waals surface area contributed by atoms with E-state index in [9.17, 15) is 18.8 Å². The van der Waals surface area contributed by atoms with Crippen LogP contribution in [-0.2, 0) is 9.84 Å². The molecule has 0 saturated heterocycles. The third-order valence-electron chi connectivity index (χ3n) is 3.32. The molecule has 0 aliphatic heterocycles. The number of rotatable bonds is 5. The van der Waals surface area contributed by atoms with Crippen molar-refractivity contribution in [2.45, 2.75) is 4.90 Å². The normalized spacial score (nSPS) is 11.7. The monoisotopic (exact) mass is 379 g/mol. The van der Waals surface area contributed by atoms with E-state index in [1.165, 1.54) is 56.7 Å². The minimum Gasteiger partial charge on any atom is -0.502 e. The Morgan fingerprint density at radius 1 is 1.16 bits per heavy atom. The number of sulfone groups is 1. The molecular weight excluding hydrogens is 366 g/mol. The van der Waals surface area contributed by atoms with E-state index in [1.54, 1.807) is 6.07 Å². The van der Waals surface area contributed by atoms with Gasteiger partial charge in [0, 0.05) is 5.02 Å². The zero-order valence-corrected chi connectivity index (χ0v) is 14.9. The van der Waals surface area contributed by atoms with Gasteiger partial charge in [-0.3, -0.25) is 0 Å². The number of methoxy groups -OCH3 is 2. The molecule has 0 unspecified atom stereocenters. The highest BCUT2D eigenvalue weighted by Gasteiger charge is 2.21. The Bertz CT molecular complexity index is 935. The van der Waals surface area contributed by atoms with Crippen LogP contribution in [0.5, 0.6) is 17.2 Å². The second-order valence-corrected chi connectivity index (χ2v) is 7.21. The second-order valence-electron chi connectivity index (χ2n) is 4.85. The maximum absolute atomic E-state index is 12.6. The molecule has 1 N–H and O–H groups in total. The van der Waals surface area contributed by atoms with Crippen LogP contribution in [0.4, 0.5) is 0 Å². The first-order chi connectivity index (χ1) is 11.8. The van der Waals surface area contributed by atoms with Crippen LogP contribution in [0.3, 0.4) is 0 Å². The summed E-state index contributed by atoms with van der Waals surface area (Å²) in [6.07, 6.45) is 1.18. The number of hydrogen-bond donors (Lipinski definition) is 1. The second kappa shape index (κ2) is 7.47. The summed E-state index contributed by atoms with van der Waals surface area (Å²) in [6, 6.07) is 9.97. The number of aromatic hydroxyl groups is 1. The minimum atomic E-state index is -4.02. The lowest BCUT2D eigenvalue weighted by molar-refractivity contribution is 0.340. The van der Waals surface area contributed by atoms with Gasteiger partial charge in [0.15, 0.2) is 11.5 Å². The molecule has 0 radical (unpaired) electrons. The molecule has 8 heteroatoms. The minimum absolute atomic E-state index is 0.0533. The van der Waals surface area contributed by atoms with E-state index in [2.05, 4.69) is 0 Å². The van der Waals surface area contributed by atoms with Crippen LogP contribution in [-0.4, -0.2) is 27.7 Å². The van der Waals surface area contributed by atoms with Crippen molar-refractivity contribution in [1.82, 2.24) is 0 Å². The average molecular weight is 380 g/mol. The van der Waals surface area contributed by atoms with Crippen LogP contribution in [0, 0.1) is 11.3 Å². The van der Waals surface area contributed by atoms with E-state index in [-0.39, 0.29) is 22.1 Å². The van der Waals surface area contributed by atoms with E-state index in [4.69, 9.17) is 21.1 Å². The lowest BCUT2D eigenvalue weighted by Gasteiger charge is -2.10. The predicted octanol–water partition coefficient (Wildman–Crippen LogP) is 3.40. The predicted molar refractivity (Wildman–Crippen MR) is 93.4 cm³/mol. The van der Waals surface area contributed by atoms with E-state index >= 15 is 0 Å². The van der Waals surface area contributed by atoms with Gasteiger partial charge in [-0.05, 0) is 48.0 Å². The zero-order chi connectivity index (χ0) is 18.6. The molecule has 130 valence electrons. The fourth-order valence-electron chi connectivity index (χ4n) is 2.06. The van der Waals surface area contributed by atoms with Crippen LogP contribution < -0.4 is 9.47 Å². The van der Waals surface area contributed by atoms with Gasteiger partial charge < -0.3 is 14.6 Å². The molecule has 2 aromatic carbocycles. The first-order valence-electron chi connectivity index (χ1n) is 6.91. The summed E-state index contributed by atoms with van der Waals surface area (Å²) in [7, 11) is -1.33. The van der Waals surface area contributed by atoms with Gasteiger partial charge in [0.2, 0.25) is 15.6 Å². The summed E-state index contributed by atoms with van der Waals surface area (Å²) in [5, 5.41) is 19.6. The number of phenols is 1. The summed E-state index contributed by atoms with van der Waals surface area (Å²) in [6.45, 7) is 0. The molecule has 2 rings (SSSR count). The van der Waals surface area contributed by atoms with Crippen molar-refractivity contribution in [3.8, 4) is 23.3 Å². The summed E-state index contributed by atoms with van der Waals surface area (Å²) in [5.41, 5.74) is 0.320. The highest BCUT2D eigenvalue weighted by molar-refractivity contribution is 7.95. The molecule has 0 aliphatic rings. The van der Waals surface area contributed by atoms with Gasteiger partial charge in [-0.2, -0.15) is 5.26 Å². The quantitative estimate of drug-likeness (QED) is 0.799. The lowest BCUT2D eigenvalue weighted by Crippen LogP contribution is -2.03. The highest BCUT2D eigenvalue weighted by atomic mass is 35.5. The fourth-order valence-corrected chi connectivity index (χ4v) is 3.34. The molecular formula is C17H14ClNO5S. The summed E-state index contributed by atoms with van der Waals surface area (Å²) in [4.78, 5) is -0.521. The standard InChI is InChI=1S/C17H14ClNO5S/c1-23-15-8-11(9-16(24-2)17(15)20)7-14(10-19)25(21,22)13-5-3-12(18)4-6-13/h3-9,20H,1-2H3/b14-7+. The van der Waals surface area contributed by atoms with Crippen molar-refractivity contribution >= 4 is 27.5 Å². The number of halogens is 1. The molecule has 6 nitrogen and oxygen atoms in total. The topological polar surface area (TPSA) is 96.6 Å². The molecule has 25 heavy (non-hydrogen) atoms. The third-order valence-corrected chi connectivity index (χ3v) is 5.26. The Labute approximate surface area is 150 Å². The van der Waals surface area contributed by atoms with Gasteiger partial charge >= 0.3 is 0 Å². The Morgan fingerprint density at radius 2 is 1.68 bits per heavy atom. The van der Waals surface area contributed by atoms with E-state index in [0.717, 1.165) is 0 Å². The Balaban J connectivity index is 2.58. The van der Waals surface area contributed by atoms with Crippen LogP contribution in [0.25, 0.3) is 6.08 Å². The Kier molecular flexibility index (Phi) is 5.57. The Morgan fingerprint density at radius 3 is 2.12 bits per heavy atom. The number of nitriles is 1.